The van der Waals surface area contributed by atoms with Gasteiger partial charge in [-0.15, -0.1) is 0 Å². The number of aromatic nitrogens is 2. The van der Waals surface area contributed by atoms with E-state index >= 15 is 0 Å². The van der Waals surface area contributed by atoms with Crippen LogP contribution in [0.15, 0.2) is 24.3 Å². The molecule has 6 heteroatoms. The Bertz CT molecular complexity index is 620. The number of carbonyl (C=O) groups is 1. The third-order valence-corrected chi connectivity index (χ3v) is 3.17. The molecule has 0 saturated heterocycles. The second kappa shape index (κ2) is 6.39. The Balaban J connectivity index is 2.38. The zero-order valence-corrected chi connectivity index (χ0v) is 12.2. The van der Waals surface area contributed by atoms with Crippen LogP contribution in [0.4, 0.5) is 10.1 Å². The SMILES string of the molecule is CCOC(=O)C(Nc1ccccc1F)c1c(C)n[nH]c1C. The molecule has 21 heavy (non-hydrogen) atoms. The van der Waals surface area contributed by atoms with Crippen molar-refractivity contribution < 1.29 is 13.9 Å². The van der Waals surface area contributed by atoms with E-state index in [-0.39, 0.29) is 12.3 Å². The van der Waals surface area contributed by atoms with Gasteiger partial charge in [0.25, 0.3) is 0 Å². The average Bonchev–Trinajstić information content (AvgIpc) is 2.78. The topological polar surface area (TPSA) is 67.0 Å². The molecule has 0 fully saturated rings. The Labute approximate surface area is 122 Å². The molecular weight excluding hydrogens is 273 g/mol. The van der Waals surface area contributed by atoms with Crippen LogP contribution in [0.3, 0.4) is 0 Å². The highest BCUT2D eigenvalue weighted by Crippen LogP contribution is 2.26. The second-order valence-electron chi connectivity index (χ2n) is 4.66. The molecule has 2 aromatic rings. The quantitative estimate of drug-likeness (QED) is 0.831. The van der Waals surface area contributed by atoms with Crippen LogP contribution in [0.2, 0.25) is 0 Å². The van der Waals surface area contributed by atoms with Gasteiger partial charge in [0.1, 0.15) is 5.82 Å². The Kier molecular flexibility index (Phi) is 4.57. The van der Waals surface area contributed by atoms with Crippen LogP contribution in [0.25, 0.3) is 0 Å². The Morgan fingerprint density at radius 2 is 2.14 bits per heavy atom. The van der Waals surface area contributed by atoms with E-state index in [0.29, 0.717) is 11.3 Å². The molecule has 1 aromatic heterocycles. The van der Waals surface area contributed by atoms with Crippen LogP contribution >= 0.6 is 0 Å². The van der Waals surface area contributed by atoms with Crippen molar-refractivity contribution in [3.05, 3.63) is 47.0 Å². The van der Waals surface area contributed by atoms with Crippen LogP contribution in [-0.4, -0.2) is 22.8 Å². The molecular formula is C15H18FN3O2. The van der Waals surface area contributed by atoms with Crippen molar-refractivity contribution in [3.8, 4) is 0 Å². The number of carbonyl (C=O) groups excluding carboxylic acids is 1. The molecule has 0 bridgehead atoms. The molecule has 112 valence electrons. The molecule has 0 aliphatic rings. The van der Waals surface area contributed by atoms with Gasteiger partial charge in [-0.05, 0) is 32.9 Å². The number of hydrogen-bond donors (Lipinski definition) is 2. The van der Waals surface area contributed by atoms with Crippen molar-refractivity contribution in [2.24, 2.45) is 0 Å². The summed E-state index contributed by atoms with van der Waals surface area (Å²) in [5.74, 6) is -0.890. The summed E-state index contributed by atoms with van der Waals surface area (Å²) in [4.78, 5) is 12.2. The lowest BCUT2D eigenvalue weighted by atomic mass is 10.0. The Morgan fingerprint density at radius 3 is 2.71 bits per heavy atom. The summed E-state index contributed by atoms with van der Waals surface area (Å²) in [6.07, 6.45) is 0. The molecule has 0 amide bonds. The molecule has 0 aliphatic carbocycles. The summed E-state index contributed by atoms with van der Waals surface area (Å²) in [7, 11) is 0. The lowest BCUT2D eigenvalue weighted by molar-refractivity contribution is -0.144. The van der Waals surface area contributed by atoms with Crippen LogP contribution in [0, 0.1) is 19.7 Å². The van der Waals surface area contributed by atoms with Gasteiger partial charge in [-0.1, -0.05) is 12.1 Å². The second-order valence-corrected chi connectivity index (χ2v) is 4.66. The number of anilines is 1. The molecule has 1 aromatic carbocycles. The van der Waals surface area contributed by atoms with Crippen molar-refractivity contribution in [2.75, 3.05) is 11.9 Å². The summed E-state index contributed by atoms with van der Waals surface area (Å²) in [6.45, 7) is 5.58. The number of aryl methyl sites for hydroxylation is 2. The summed E-state index contributed by atoms with van der Waals surface area (Å²) in [6, 6.07) is 5.39. The monoisotopic (exact) mass is 291 g/mol. The predicted molar refractivity (Wildman–Crippen MR) is 77.5 cm³/mol. The van der Waals surface area contributed by atoms with Crippen LogP contribution in [-0.2, 0) is 9.53 Å². The fraction of sp³-hybridized carbons (Fsp3) is 0.333. The van der Waals surface area contributed by atoms with Crippen molar-refractivity contribution in [2.45, 2.75) is 26.8 Å². The van der Waals surface area contributed by atoms with Crippen LogP contribution in [0.1, 0.15) is 29.9 Å². The molecule has 2 rings (SSSR count). The fourth-order valence-corrected chi connectivity index (χ4v) is 2.19. The van der Waals surface area contributed by atoms with E-state index in [1.54, 1.807) is 32.0 Å². The van der Waals surface area contributed by atoms with E-state index in [4.69, 9.17) is 4.74 Å². The summed E-state index contributed by atoms with van der Waals surface area (Å²) >= 11 is 0. The van der Waals surface area contributed by atoms with E-state index in [9.17, 15) is 9.18 Å². The Morgan fingerprint density at radius 1 is 1.43 bits per heavy atom. The van der Waals surface area contributed by atoms with Crippen molar-refractivity contribution in [3.63, 3.8) is 0 Å². The van der Waals surface area contributed by atoms with Crippen molar-refractivity contribution in [1.29, 1.82) is 0 Å². The molecule has 0 radical (unpaired) electrons. The molecule has 2 N–H and O–H groups in total. The van der Waals surface area contributed by atoms with Gasteiger partial charge in [0.15, 0.2) is 6.04 Å². The van der Waals surface area contributed by atoms with Gasteiger partial charge < -0.3 is 10.1 Å². The van der Waals surface area contributed by atoms with E-state index in [2.05, 4.69) is 15.5 Å². The highest BCUT2D eigenvalue weighted by Gasteiger charge is 2.27. The molecule has 0 saturated carbocycles. The first-order valence-corrected chi connectivity index (χ1v) is 6.73. The maximum Gasteiger partial charge on any atom is 0.333 e. The number of rotatable bonds is 5. The number of aromatic amines is 1. The first-order chi connectivity index (χ1) is 10.0. The average molecular weight is 291 g/mol. The fourth-order valence-electron chi connectivity index (χ4n) is 2.19. The molecule has 0 aliphatic heterocycles. The normalized spacial score (nSPS) is 12.0. The first-order valence-electron chi connectivity index (χ1n) is 6.73. The number of para-hydroxylation sites is 1. The molecule has 1 unspecified atom stereocenters. The smallest absolute Gasteiger partial charge is 0.333 e. The highest BCUT2D eigenvalue weighted by molar-refractivity contribution is 5.81. The van der Waals surface area contributed by atoms with Crippen LogP contribution in [0.5, 0.6) is 0 Å². The lowest BCUT2D eigenvalue weighted by Crippen LogP contribution is -2.25. The maximum atomic E-state index is 13.8. The number of ether oxygens (including phenoxy) is 1. The van der Waals surface area contributed by atoms with E-state index in [0.717, 1.165) is 5.69 Å². The molecule has 5 nitrogen and oxygen atoms in total. The largest absolute Gasteiger partial charge is 0.464 e. The number of nitrogens with zero attached hydrogens (tertiary/aromatic N) is 1. The van der Waals surface area contributed by atoms with Crippen molar-refractivity contribution >= 4 is 11.7 Å². The zero-order valence-electron chi connectivity index (χ0n) is 12.2. The minimum atomic E-state index is -0.805. The molecule has 1 atom stereocenters. The maximum absolute atomic E-state index is 13.8. The number of halogens is 1. The van der Waals surface area contributed by atoms with Crippen molar-refractivity contribution in [1.82, 2.24) is 10.2 Å². The first kappa shape index (κ1) is 15.0. The number of H-pyrrole nitrogens is 1. The number of hydrogen-bond acceptors (Lipinski definition) is 4. The third-order valence-electron chi connectivity index (χ3n) is 3.17. The third kappa shape index (κ3) is 3.21. The van der Waals surface area contributed by atoms with Gasteiger partial charge in [-0.2, -0.15) is 5.10 Å². The standard InChI is InChI=1S/C15H18FN3O2/c1-4-21-15(20)14(13-9(2)18-19-10(13)3)17-12-8-6-5-7-11(12)16/h5-8,14,17H,4H2,1-3H3,(H,18,19). The van der Waals surface area contributed by atoms with Gasteiger partial charge >= 0.3 is 5.97 Å². The summed E-state index contributed by atoms with van der Waals surface area (Å²) in [5, 5.41) is 9.81. The van der Waals surface area contributed by atoms with Gasteiger partial charge in [0.2, 0.25) is 0 Å². The van der Waals surface area contributed by atoms with E-state index in [1.165, 1.54) is 6.07 Å². The lowest BCUT2D eigenvalue weighted by Gasteiger charge is -2.19. The Hall–Kier alpha value is -2.37. The van der Waals surface area contributed by atoms with Gasteiger partial charge in [-0.3, -0.25) is 5.10 Å². The van der Waals surface area contributed by atoms with Gasteiger partial charge in [0, 0.05) is 11.3 Å². The highest BCUT2D eigenvalue weighted by atomic mass is 19.1. The minimum absolute atomic E-state index is 0.246. The summed E-state index contributed by atoms with van der Waals surface area (Å²) < 4.78 is 18.9. The number of esters is 1. The minimum Gasteiger partial charge on any atom is -0.464 e. The molecule has 1 heterocycles. The molecule has 0 spiro atoms. The van der Waals surface area contributed by atoms with Gasteiger partial charge in [0.05, 0.1) is 18.0 Å². The van der Waals surface area contributed by atoms with E-state index in [1.807, 2.05) is 6.92 Å². The number of nitrogens with one attached hydrogen (secondary N) is 2. The van der Waals surface area contributed by atoms with Crippen LogP contribution < -0.4 is 5.32 Å². The number of benzene rings is 1. The van der Waals surface area contributed by atoms with E-state index < -0.39 is 17.8 Å². The van der Waals surface area contributed by atoms with Gasteiger partial charge in [-0.25, -0.2) is 9.18 Å². The zero-order chi connectivity index (χ0) is 15.4. The predicted octanol–water partition coefficient (Wildman–Crippen LogP) is 2.88. The summed E-state index contributed by atoms with van der Waals surface area (Å²) in [5.41, 5.74) is 2.34.